The highest BCUT2D eigenvalue weighted by Gasteiger charge is 2.14. The number of pyridine rings is 1. The van der Waals surface area contributed by atoms with E-state index in [4.69, 9.17) is 5.73 Å². The lowest BCUT2D eigenvalue weighted by Crippen LogP contribution is -2.04. The van der Waals surface area contributed by atoms with E-state index >= 15 is 0 Å². The third kappa shape index (κ3) is 2.38. The molecule has 1 aromatic carbocycles. The van der Waals surface area contributed by atoms with Gasteiger partial charge in [0.2, 0.25) is 0 Å². The molecule has 0 fully saturated rings. The maximum Gasteiger partial charge on any atom is 0.159 e. The van der Waals surface area contributed by atoms with Gasteiger partial charge >= 0.3 is 0 Å². The third-order valence-electron chi connectivity index (χ3n) is 3.11. The second-order valence-electron chi connectivity index (χ2n) is 4.56. The molecular weight excluding hydrogens is 266 g/mol. The number of hydrogen-bond donors (Lipinski definition) is 1. The molecule has 0 aliphatic rings. The molecule has 0 aliphatic carbocycles. The van der Waals surface area contributed by atoms with Crippen molar-refractivity contribution in [3.63, 3.8) is 0 Å². The summed E-state index contributed by atoms with van der Waals surface area (Å²) in [5.41, 5.74) is 8.57. The number of nitrogens with zero attached hydrogens (tertiary/aromatic N) is 4. The van der Waals surface area contributed by atoms with E-state index in [9.17, 15) is 4.79 Å². The van der Waals surface area contributed by atoms with Gasteiger partial charge in [-0.25, -0.2) is 0 Å². The molecule has 2 aromatic heterocycles. The highest BCUT2D eigenvalue weighted by molar-refractivity contribution is 5.94. The number of carbonyl (C=O) groups is 1. The van der Waals surface area contributed by atoms with Gasteiger partial charge in [-0.1, -0.05) is 23.4 Å². The van der Waals surface area contributed by atoms with Crippen LogP contribution in [0, 0.1) is 0 Å². The summed E-state index contributed by atoms with van der Waals surface area (Å²) >= 11 is 0. The van der Waals surface area contributed by atoms with E-state index in [0.717, 1.165) is 0 Å². The first-order valence-electron chi connectivity index (χ1n) is 6.41. The zero-order valence-electron chi connectivity index (χ0n) is 11.4. The fourth-order valence-electron chi connectivity index (χ4n) is 2.02. The molecule has 2 N–H and O–H groups in total. The predicted octanol–water partition coefficient (Wildman–Crippen LogP) is 2.11. The number of nitrogens with two attached hydrogens (primary N) is 1. The number of hydrogen-bond acceptors (Lipinski definition) is 5. The van der Waals surface area contributed by atoms with Gasteiger partial charge in [-0.2, -0.15) is 4.68 Å². The van der Waals surface area contributed by atoms with Gasteiger partial charge in [-0.3, -0.25) is 9.78 Å². The van der Waals surface area contributed by atoms with Gasteiger partial charge in [0.25, 0.3) is 0 Å². The van der Waals surface area contributed by atoms with Crippen LogP contribution in [0.25, 0.3) is 17.1 Å². The largest absolute Gasteiger partial charge is 0.382 e. The van der Waals surface area contributed by atoms with E-state index < -0.39 is 0 Å². The number of benzene rings is 1. The van der Waals surface area contributed by atoms with Crippen LogP contribution < -0.4 is 5.73 Å². The number of aromatic nitrogens is 4. The molecule has 0 amide bonds. The molecule has 0 spiro atoms. The van der Waals surface area contributed by atoms with Gasteiger partial charge in [0.1, 0.15) is 0 Å². The Morgan fingerprint density at radius 3 is 2.76 bits per heavy atom. The summed E-state index contributed by atoms with van der Waals surface area (Å²) in [6.45, 7) is 1.52. The highest BCUT2D eigenvalue weighted by atomic mass is 16.1. The molecule has 6 nitrogen and oxygen atoms in total. The molecule has 6 heteroatoms. The van der Waals surface area contributed by atoms with Crippen molar-refractivity contribution in [1.82, 2.24) is 20.0 Å². The Kier molecular flexibility index (Phi) is 3.19. The SMILES string of the molecule is CC(=O)c1cccc(-n2nnc(-c3ccccn3)c2N)c1. The number of carbonyl (C=O) groups excluding carboxylic acids is 1. The van der Waals surface area contributed by atoms with Crippen LogP contribution in [0.2, 0.25) is 0 Å². The number of anilines is 1. The summed E-state index contributed by atoms with van der Waals surface area (Å²) in [4.78, 5) is 15.7. The van der Waals surface area contributed by atoms with Crippen molar-refractivity contribution in [1.29, 1.82) is 0 Å². The number of rotatable bonds is 3. The van der Waals surface area contributed by atoms with Gasteiger partial charge in [-0.05, 0) is 31.2 Å². The van der Waals surface area contributed by atoms with E-state index in [1.54, 1.807) is 24.4 Å². The molecule has 0 radical (unpaired) electrons. The van der Waals surface area contributed by atoms with Crippen LogP contribution in [-0.4, -0.2) is 25.8 Å². The molecule has 0 atom stereocenters. The number of nitrogen functional groups attached to an aromatic ring is 1. The molecule has 0 saturated carbocycles. The zero-order chi connectivity index (χ0) is 14.8. The molecule has 3 aromatic rings. The van der Waals surface area contributed by atoms with Crippen molar-refractivity contribution in [2.45, 2.75) is 6.92 Å². The van der Waals surface area contributed by atoms with Crippen molar-refractivity contribution in [3.05, 3.63) is 54.2 Å². The van der Waals surface area contributed by atoms with E-state index in [1.807, 2.05) is 24.3 Å². The van der Waals surface area contributed by atoms with Gasteiger partial charge in [0, 0.05) is 11.8 Å². The van der Waals surface area contributed by atoms with Crippen LogP contribution in [0.4, 0.5) is 5.82 Å². The summed E-state index contributed by atoms with van der Waals surface area (Å²) < 4.78 is 1.50. The summed E-state index contributed by atoms with van der Waals surface area (Å²) in [5, 5.41) is 8.13. The van der Waals surface area contributed by atoms with Crippen LogP contribution in [0.15, 0.2) is 48.7 Å². The lowest BCUT2D eigenvalue weighted by molar-refractivity contribution is 0.101. The lowest BCUT2D eigenvalue weighted by atomic mass is 10.1. The average Bonchev–Trinajstić information content (AvgIpc) is 2.90. The zero-order valence-corrected chi connectivity index (χ0v) is 11.4. The maximum atomic E-state index is 11.5. The maximum absolute atomic E-state index is 11.5. The average molecular weight is 279 g/mol. The van der Waals surface area contributed by atoms with Crippen molar-refractivity contribution in [3.8, 4) is 17.1 Å². The molecule has 0 aliphatic heterocycles. The van der Waals surface area contributed by atoms with Gasteiger partial charge < -0.3 is 5.73 Å². The first kappa shape index (κ1) is 13.0. The Balaban J connectivity index is 2.07. The van der Waals surface area contributed by atoms with Crippen LogP contribution in [0.5, 0.6) is 0 Å². The molecule has 104 valence electrons. The third-order valence-corrected chi connectivity index (χ3v) is 3.11. The lowest BCUT2D eigenvalue weighted by Gasteiger charge is -2.04. The number of ketones is 1. The summed E-state index contributed by atoms with van der Waals surface area (Å²) in [6, 6.07) is 12.6. The van der Waals surface area contributed by atoms with E-state index in [1.165, 1.54) is 11.6 Å². The Labute approximate surface area is 121 Å². The standard InChI is InChI=1S/C15H13N5O/c1-10(21)11-5-4-6-12(9-11)20-15(16)14(18-19-20)13-7-2-3-8-17-13/h2-9H,16H2,1H3. The summed E-state index contributed by atoms with van der Waals surface area (Å²) in [6.07, 6.45) is 1.67. The van der Waals surface area contributed by atoms with Crippen molar-refractivity contribution < 1.29 is 4.79 Å². The van der Waals surface area contributed by atoms with E-state index in [-0.39, 0.29) is 5.78 Å². The second kappa shape index (κ2) is 5.16. The summed E-state index contributed by atoms with van der Waals surface area (Å²) in [5.74, 6) is 0.370. The molecule has 21 heavy (non-hydrogen) atoms. The highest BCUT2D eigenvalue weighted by Crippen LogP contribution is 2.23. The molecule has 0 unspecified atom stereocenters. The van der Waals surface area contributed by atoms with Gasteiger partial charge in [-0.15, -0.1) is 5.10 Å². The minimum atomic E-state index is -0.0134. The molecule has 2 heterocycles. The Morgan fingerprint density at radius 1 is 1.19 bits per heavy atom. The molecule has 0 saturated heterocycles. The minimum Gasteiger partial charge on any atom is -0.382 e. The van der Waals surface area contributed by atoms with Crippen molar-refractivity contribution >= 4 is 11.6 Å². The van der Waals surface area contributed by atoms with Crippen molar-refractivity contribution in [2.75, 3.05) is 5.73 Å². The molecular formula is C15H13N5O. The fraction of sp³-hybridized carbons (Fsp3) is 0.0667. The van der Waals surface area contributed by atoms with Crippen LogP contribution in [0.1, 0.15) is 17.3 Å². The summed E-state index contributed by atoms with van der Waals surface area (Å²) in [7, 11) is 0. The molecule has 3 rings (SSSR count). The predicted molar refractivity (Wildman–Crippen MR) is 79.0 cm³/mol. The Bertz CT molecular complexity index is 795. The Hall–Kier alpha value is -3.02. The first-order chi connectivity index (χ1) is 10.2. The van der Waals surface area contributed by atoms with Crippen LogP contribution in [-0.2, 0) is 0 Å². The van der Waals surface area contributed by atoms with E-state index in [0.29, 0.717) is 28.5 Å². The minimum absolute atomic E-state index is 0.0134. The van der Waals surface area contributed by atoms with Crippen LogP contribution in [0.3, 0.4) is 0 Å². The van der Waals surface area contributed by atoms with Crippen molar-refractivity contribution in [2.24, 2.45) is 0 Å². The van der Waals surface area contributed by atoms with E-state index in [2.05, 4.69) is 15.3 Å². The quantitative estimate of drug-likeness (QED) is 0.742. The number of Topliss-reactive ketones (excluding diaryl/α,β-unsaturated/α-hetero) is 1. The monoisotopic (exact) mass is 279 g/mol. The fourth-order valence-corrected chi connectivity index (χ4v) is 2.02. The van der Waals surface area contributed by atoms with Gasteiger partial charge in [0.05, 0.1) is 11.4 Å². The molecule has 0 bridgehead atoms. The second-order valence-corrected chi connectivity index (χ2v) is 4.56. The normalized spacial score (nSPS) is 10.5. The van der Waals surface area contributed by atoms with Crippen LogP contribution >= 0.6 is 0 Å². The van der Waals surface area contributed by atoms with Gasteiger partial charge in [0.15, 0.2) is 17.3 Å². The topological polar surface area (TPSA) is 86.7 Å². The Morgan fingerprint density at radius 2 is 2.05 bits per heavy atom. The smallest absolute Gasteiger partial charge is 0.159 e. The first-order valence-corrected chi connectivity index (χ1v) is 6.41.